The zero-order valence-electron chi connectivity index (χ0n) is 22.4. The lowest BCUT2D eigenvalue weighted by Gasteiger charge is -2.42. The predicted octanol–water partition coefficient (Wildman–Crippen LogP) is 2.05. The summed E-state index contributed by atoms with van der Waals surface area (Å²) in [6, 6.07) is 4.99. The number of rotatable bonds is 7. The number of carbonyl (C=O) groups is 5. The van der Waals surface area contributed by atoms with Crippen LogP contribution in [-0.2, 0) is 14.3 Å². The highest BCUT2D eigenvalue weighted by Gasteiger charge is 2.44. The molecule has 3 aliphatic heterocycles. The average molecular weight is 540 g/mol. The summed E-state index contributed by atoms with van der Waals surface area (Å²) in [6.45, 7) is 5.94. The van der Waals surface area contributed by atoms with E-state index in [1.807, 2.05) is 6.07 Å². The average Bonchev–Trinajstić information content (AvgIpc) is 3.18. The Morgan fingerprint density at radius 3 is 2.38 bits per heavy atom. The molecule has 1 unspecified atom stereocenters. The number of carbonyl (C=O) groups excluding carboxylic acids is 5. The molecule has 11 heteroatoms. The second-order valence-corrected chi connectivity index (χ2v) is 10.8. The van der Waals surface area contributed by atoms with Crippen molar-refractivity contribution in [3.8, 4) is 0 Å². The molecule has 39 heavy (non-hydrogen) atoms. The molecule has 2 N–H and O–H groups in total. The highest BCUT2D eigenvalue weighted by Crippen LogP contribution is 2.32. The number of fused-ring (bicyclic) bond motifs is 1. The third kappa shape index (κ3) is 5.78. The Balaban J connectivity index is 1.13. The van der Waals surface area contributed by atoms with Gasteiger partial charge in [-0.2, -0.15) is 0 Å². The Bertz CT molecular complexity index is 1140. The van der Waals surface area contributed by atoms with Crippen molar-refractivity contribution in [3.05, 3.63) is 29.3 Å². The van der Waals surface area contributed by atoms with Gasteiger partial charge >= 0.3 is 6.09 Å². The molecule has 3 fully saturated rings. The summed E-state index contributed by atoms with van der Waals surface area (Å²) in [5, 5.41) is 5.23. The van der Waals surface area contributed by atoms with Gasteiger partial charge in [0.2, 0.25) is 11.8 Å². The van der Waals surface area contributed by atoms with Gasteiger partial charge in [-0.3, -0.25) is 34.3 Å². The van der Waals surface area contributed by atoms with Crippen LogP contribution in [0.1, 0.15) is 79.0 Å². The van der Waals surface area contributed by atoms with Crippen LogP contribution in [0.2, 0.25) is 0 Å². The van der Waals surface area contributed by atoms with Crippen LogP contribution in [0.25, 0.3) is 0 Å². The van der Waals surface area contributed by atoms with Gasteiger partial charge in [0.25, 0.3) is 11.8 Å². The maximum absolute atomic E-state index is 13.2. The first-order valence-electron chi connectivity index (χ1n) is 14.1. The number of hydrogen-bond donors (Lipinski definition) is 2. The smallest absolute Gasteiger partial charge is 0.407 e. The zero-order valence-corrected chi connectivity index (χ0v) is 22.4. The normalized spacial score (nSPS) is 25.9. The van der Waals surface area contributed by atoms with Crippen molar-refractivity contribution in [2.24, 2.45) is 0 Å². The van der Waals surface area contributed by atoms with Gasteiger partial charge in [-0.1, -0.05) is 13.3 Å². The van der Waals surface area contributed by atoms with E-state index in [2.05, 4.69) is 27.4 Å². The number of nitrogens with one attached hydrogen (secondary N) is 2. The Morgan fingerprint density at radius 1 is 0.974 bits per heavy atom. The van der Waals surface area contributed by atoms with Gasteiger partial charge in [-0.05, 0) is 56.7 Å². The molecule has 2 saturated heterocycles. The summed E-state index contributed by atoms with van der Waals surface area (Å²) in [5.74, 6) is -1.96. The first-order chi connectivity index (χ1) is 18.9. The number of unbranched alkanes of at least 4 members (excludes halogenated alkanes) is 1. The van der Waals surface area contributed by atoms with E-state index in [4.69, 9.17) is 4.74 Å². The van der Waals surface area contributed by atoms with Gasteiger partial charge in [0, 0.05) is 50.4 Å². The van der Waals surface area contributed by atoms with E-state index in [-0.39, 0.29) is 30.9 Å². The lowest BCUT2D eigenvalue weighted by Crippen LogP contribution is -2.54. The highest BCUT2D eigenvalue weighted by molar-refractivity contribution is 6.23. The molecule has 1 aliphatic carbocycles. The van der Waals surface area contributed by atoms with Crippen LogP contribution in [0.15, 0.2) is 18.2 Å². The predicted molar refractivity (Wildman–Crippen MR) is 142 cm³/mol. The number of imide groups is 2. The van der Waals surface area contributed by atoms with Crippen molar-refractivity contribution in [2.45, 2.75) is 76.4 Å². The summed E-state index contributed by atoms with van der Waals surface area (Å²) < 4.78 is 5.23. The van der Waals surface area contributed by atoms with E-state index in [0.29, 0.717) is 23.8 Å². The van der Waals surface area contributed by atoms with Crippen LogP contribution in [-0.4, -0.2) is 90.4 Å². The van der Waals surface area contributed by atoms with Crippen molar-refractivity contribution < 1.29 is 28.7 Å². The second kappa shape index (κ2) is 11.7. The van der Waals surface area contributed by atoms with Gasteiger partial charge < -0.3 is 15.0 Å². The lowest BCUT2D eigenvalue weighted by molar-refractivity contribution is -0.136. The molecule has 5 amide bonds. The third-order valence-corrected chi connectivity index (χ3v) is 8.37. The molecular weight excluding hydrogens is 502 g/mol. The zero-order chi connectivity index (χ0) is 27.5. The Morgan fingerprint density at radius 2 is 1.69 bits per heavy atom. The number of alkyl carbamates (subject to hydrolysis) is 1. The number of piperazine rings is 1. The maximum Gasteiger partial charge on any atom is 0.407 e. The number of benzene rings is 1. The summed E-state index contributed by atoms with van der Waals surface area (Å²) in [5.41, 5.74) is 1.49. The first-order valence-corrected chi connectivity index (χ1v) is 14.1. The minimum absolute atomic E-state index is 0.100. The van der Waals surface area contributed by atoms with Crippen molar-refractivity contribution in [2.75, 3.05) is 37.7 Å². The fraction of sp³-hybridized carbons (Fsp3) is 0.607. The molecule has 0 aromatic heterocycles. The molecule has 1 atom stereocenters. The standard InChI is InChI=1S/C28H37N5O6/c1-2-3-16-39-28(38)29-18-4-6-19(7-5-18)31-12-14-32(15-13-31)20-8-9-21-22(17-20)27(37)33(26(21)36)23-10-11-24(34)30-25(23)35/h8-9,17-19,23H,2-7,10-16H2,1H3,(H,29,38)(H,30,34,35). The summed E-state index contributed by atoms with van der Waals surface area (Å²) in [4.78, 5) is 67.6. The van der Waals surface area contributed by atoms with E-state index in [1.165, 1.54) is 0 Å². The third-order valence-electron chi connectivity index (χ3n) is 8.37. The minimum Gasteiger partial charge on any atom is -0.450 e. The number of nitrogens with zero attached hydrogens (tertiary/aromatic N) is 3. The van der Waals surface area contributed by atoms with Crippen LogP contribution in [0.4, 0.5) is 10.5 Å². The molecule has 1 aromatic rings. The largest absolute Gasteiger partial charge is 0.450 e. The molecule has 210 valence electrons. The molecule has 3 heterocycles. The van der Waals surface area contributed by atoms with E-state index < -0.39 is 23.8 Å². The summed E-state index contributed by atoms with van der Waals surface area (Å²) in [7, 11) is 0. The van der Waals surface area contributed by atoms with Crippen LogP contribution in [0.3, 0.4) is 0 Å². The molecule has 11 nitrogen and oxygen atoms in total. The number of hydrogen-bond acceptors (Lipinski definition) is 8. The van der Waals surface area contributed by atoms with Crippen molar-refractivity contribution in [1.82, 2.24) is 20.4 Å². The second-order valence-electron chi connectivity index (χ2n) is 10.8. The molecule has 4 aliphatic rings. The van der Waals surface area contributed by atoms with E-state index in [9.17, 15) is 24.0 Å². The van der Waals surface area contributed by atoms with Gasteiger partial charge in [-0.25, -0.2) is 4.79 Å². The molecule has 1 saturated carbocycles. The number of ether oxygens (including phenoxy) is 1. The van der Waals surface area contributed by atoms with Crippen molar-refractivity contribution in [1.29, 1.82) is 0 Å². The van der Waals surface area contributed by atoms with Crippen LogP contribution >= 0.6 is 0 Å². The quantitative estimate of drug-likeness (QED) is 0.398. The molecule has 5 rings (SSSR count). The summed E-state index contributed by atoms with van der Waals surface area (Å²) >= 11 is 0. The van der Waals surface area contributed by atoms with E-state index in [0.717, 1.165) is 75.3 Å². The van der Waals surface area contributed by atoms with Gasteiger partial charge in [0.1, 0.15) is 6.04 Å². The number of anilines is 1. The van der Waals surface area contributed by atoms with Crippen LogP contribution in [0.5, 0.6) is 0 Å². The first kappa shape index (κ1) is 27.1. The Labute approximate surface area is 228 Å². The minimum atomic E-state index is -0.959. The van der Waals surface area contributed by atoms with Crippen molar-refractivity contribution in [3.63, 3.8) is 0 Å². The van der Waals surface area contributed by atoms with Crippen molar-refractivity contribution >= 4 is 35.4 Å². The van der Waals surface area contributed by atoms with Gasteiger partial charge in [-0.15, -0.1) is 0 Å². The Hall–Kier alpha value is -3.47. The van der Waals surface area contributed by atoms with Crippen LogP contribution in [0, 0.1) is 0 Å². The van der Waals surface area contributed by atoms with Gasteiger partial charge in [0.05, 0.1) is 17.7 Å². The fourth-order valence-corrected chi connectivity index (χ4v) is 6.10. The maximum atomic E-state index is 13.2. The molecule has 0 spiro atoms. The van der Waals surface area contributed by atoms with E-state index in [1.54, 1.807) is 12.1 Å². The highest BCUT2D eigenvalue weighted by atomic mass is 16.5. The monoisotopic (exact) mass is 539 g/mol. The lowest BCUT2D eigenvalue weighted by atomic mass is 9.90. The Kier molecular flexibility index (Phi) is 8.15. The molecular formula is C28H37N5O6. The fourth-order valence-electron chi connectivity index (χ4n) is 6.10. The molecule has 0 bridgehead atoms. The number of piperidine rings is 1. The number of amides is 5. The van der Waals surface area contributed by atoms with Crippen LogP contribution < -0.4 is 15.5 Å². The topological polar surface area (TPSA) is 128 Å². The SMILES string of the molecule is CCCCOC(=O)NC1CCC(N2CCN(c3ccc4c(c3)C(=O)N(C3CCC(=O)NC3=O)C4=O)CC2)CC1. The molecule has 1 aromatic carbocycles. The van der Waals surface area contributed by atoms with E-state index >= 15 is 0 Å². The molecule has 0 radical (unpaired) electrons. The summed E-state index contributed by atoms with van der Waals surface area (Å²) in [6.07, 6.45) is 5.77. The van der Waals surface area contributed by atoms with Gasteiger partial charge in [0.15, 0.2) is 0 Å².